The molecule has 7 heteroatoms. The third-order valence-corrected chi connectivity index (χ3v) is 3.87. The number of hydrogen-bond acceptors (Lipinski definition) is 5. The SMILES string of the molecule is COC(=O)N(c1ccc(OC)cc1)c1ccsc1CC(=O)O. The summed E-state index contributed by atoms with van der Waals surface area (Å²) in [6, 6.07) is 8.54. The minimum Gasteiger partial charge on any atom is -0.497 e. The van der Waals surface area contributed by atoms with E-state index in [2.05, 4.69) is 0 Å². The zero-order chi connectivity index (χ0) is 16.1. The number of anilines is 2. The molecule has 1 aromatic carbocycles. The smallest absolute Gasteiger partial charge is 0.418 e. The van der Waals surface area contributed by atoms with Gasteiger partial charge in [-0.1, -0.05) is 0 Å². The van der Waals surface area contributed by atoms with Crippen LogP contribution in [-0.2, 0) is 16.0 Å². The van der Waals surface area contributed by atoms with Gasteiger partial charge in [0.05, 0.1) is 32.0 Å². The lowest BCUT2D eigenvalue weighted by Crippen LogP contribution is -2.26. The molecule has 0 aliphatic heterocycles. The molecule has 1 N–H and O–H groups in total. The van der Waals surface area contributed by atoms with Crippen LogP contribution in [0, 0.1) is 0 Å². The molecule has 1 aromatic heterocycles. The summed E-state index contributed by atoms with van der Waals surface area (Å²) in [6.07, 6.45) is -0.744. The molecule has 1 heterocycles. The first-order valence-corrected chi connectivity index (χ1v) is 7.25. The predicted molar refractivity (Wildman–Crippen MR) is 83.2 cm³/mol. The van der Waals surface area contributed by atoms with Gasteiger partial charge in [0.15, 0.2) is 0 Å². The molecule has 0 radical (unpaired) electrons. The molecule has 0 fully saturated rings. The Morgan fingerprint density at radius 2 is 1.86 bits per heavy atom. The largest absolute Gasteiger partial charge is 0.497 e. The zero-order valence-electron chi connectivity index (χ0n) is 12.1. The summed E-state index contributed by atoms with van der Waals surface area (Å²) < 4.78 is 9.91. The minimum atomic E-state index is -0.955. The first-order chi connectivity index (χ1) is 10.6. The number of carbonyl (C=O) groups excluding carboxylic acids is 1. The molecule has 2 aromatic rings. The van der Waals surface area contributed by atoms with E-state index in [0.29, 0.717) is 22.0 Å². The molecular formula is C15H15NO5S. The quantitative estimate of drug-likeness (QED) is 0.914. The van der Waals surface area contributed by atoms with Gasteiger partial charge in [0.1, 0.15) is 5.75 Å². The van der Waals surface area contributed by atoms with Crippen molar-refractivity contribution in [2.24, 2.45) is 0 Å². The van der Waals surface area contributed by atoms with Crippen LogP contribution in [-0.4, -0.2) is 31.4 Å². The van der Waals surface area contributed by atoms with Crippen LogP contribution in [0.2, 0.25) is 0 Å². The van der Waals surface area contributed by atoms with E-state index in [-0.39, 0.29) is 6.42 Å². The van der Waals surface area contributed by atoms with E-state index in [0.717, 1.165) is 0 Å². The summed E-state index contributed by atoms with van der Waals surface area (Å²) in [5.41, 5.74) is 1.07. The van der Waals surface area contributed by atoms with Gasteiger partial charge in [0.25, 0.3) is 0 Å². The maximum Gasteiger partial charge on any atom is 0.418 e. The number of methoxy groups -OCH3 is 2. The monoisotopic (exact) mass is 321 g/mol. The Hall–Kier alpha value is -2.54. The Balaban J connectivity index is 2.44. The van der Waals surface area contributed by atoms with Crippen molar-refractivity contribution in [3.8, 4) is 5.75 Å². The minimum absolute atomic E-state index is 0.156. The number of thiophene rings is 1. The summed E-state index contributed by atoms with van der Waals surface area (Å²) in [4.78, 5) is 25.0. The predicted octanol–water partition coefficient (Wildman–Crippen LogP) is 3.29. The van der Waals surface area contributed by atoms with Crippen molar-refractivity contribution < 1.29 is 24.2 Å². The Morgan fingerprint density at radius 3 is 2.41 bits per heavy atom. The molecular weight excluding hydrogens is 306 g/mol. The second kappa shape index (κ2) is 6.95. The number of benzene rings is 1. The molecule has 2 rings (SSSR count). The summed E-state index contributed by atoms with van der Waals surface area (Å²) >= 11 is 1.28. The van der Waals surface area contributed by atoms with Crippen molar-refractivity contribution >= 4 is 34.8 Å². The Kier molecular flexibility index (Phi) is 5.00. The number of carbonyl (C=O) groups is 2. The van der Waals surface area contributed by atoms with Gasteiger partial charge in [0.2, 0.25) is 0 Å². The number of carboxylic acid groups (broad SMARTS) is 1. The van der Waals surface area contributed by atoms with E-state index in [1.165, 1.54) is 23.3 Å². The molecule has 0 aliphatic carbocycles. The molecule has 0 saturated heterocycles. The summed E-state index contributed by atoms with van der Waals surface area (Å²) in [5, 5.41) is 10.7. The number of nitrogens with zero attached hydrogens (tertiary/aromatic N) is 1. The number of carboxylic acids is 1. The zero-order valence-corrected chi connectivity index (χ0v) is 12.9. The normalized spacial score (nSPS) is 10.1. The van der Waals surface area contributed by atoms with Crippen molar-refractivity contribution in [2.75, 3.05) is 19.1 Å². The van der Waals surface area contributed by atoms with Gasteiger partial charge in [-0.05, 0) is 35.7 Å². The fraction of sp³-hybridized carbons (Fsp3) is 0.200. The number of rotatable bonds is 5. The topological polar surface area (TPSA) is 76.1 Å². The molecule has 22 heavy (non-hydrogen) atoms. The lowest BCUT2D eigenvalue weighted by Gasteiger charge is -2.21. The van der Waals surface area contributed by atoms with Gasteiger partial charge in [0, 0.05) is 4.88 Å². The molecule has 6 nitrogen and oxygen atoms in total. The highest BCUT2D eigenvalue weighted by molar-refractivity contribution is 7.10. The number of amides is 1. The van der Waals surface area contributed by atoms with Gasteiger partial charge in [-0.3, -0.25) is 4.79 Å². The van der Waals surface area contributed by atoms with Crippen LogP contribution in [0.4, 0.5) is 16.2 Å². The third-order valence-electron chi connectivity index (χ3n) is 2.96. The molecule has 0 spiro atoms. The van der Waals surface area contributed by atoms with Crippen LogP contribution in [0.1, 0.15) is 4.88 Å². The van der Waals surface area contributed by atoms with E-state index >= 15 is 0 Å². The Bertz CT molecular complexity index is 665. The fourth-order valence-corrected chi connectivity index (χ4v) is 2.82. The second-order valence-electron chi connectivity index (χ2n) is 4.30. The van der Waals surface area contributed by atoms with Crippen LogP contribution < -0.4 is 9.64 Å². The van der Waals surface area contributed by atoms with Gasteiger partial charge in [-0.15, -0.1) is 11.3 Å². The second-order valence-corrected chi connectivity index (χ2v) is 5.30. The van der Waals surface area contributed by atoms with Crippen molar-refractivity contribution in [1.29, 1.82) is 0 Å². The van der Waals surface area contributed by atoms with Crippen LogP contribution >= 0.6 is 11.3 Å². The maximum atomic E-state index is 12.1. The highest BCUT2D eigenvalue weighted by Crippen LogP contribution is 2.34. The molecule has 0 bridgehead atoms. The van der Waals surface area contributed by atoms with Crippen molar-refractivity contribution in [1.82, 2.24) is 0 Å². The average Bonchev–Trinajstić information content (AvgIpc) is 2.95. The Labute approximate surface area is 131 Å². The highest BCUT2D eigenvalue weighted by atomic mass is 32.1. The van der Waals surface area contributed by atoms with Gasteiger partial charge in [-0.25, -0.2) is 9.69 Å². The van der Waals surface area contributed by atoms with Crippen LogP contribution in [0.5, 0.6) is 5.75 Å². The molecule has 0 aliphatic rings. The van der Waals surface area contributed by atoms with E-state index in [1.54, 1.807) is 42.8 Å². The average molecular weight is 321 g/mol. The van der Waals surface area contributed by atoms with E-state index in [9.17, 15) is 9.59 Å². The standard InChI is InChI=1S/C15H15NO5S/c1-20-11-5-3-10(4-6-11)16(15(19)21-2)12-7-8-22-13(12)9-14(17)18/h3-8H,9H2,1-2H3,(H,17,18). The first-order valence-electron chi connectivity index (χ1n) is 6.37. The lowest BCUT2D eigenvalue weighted by molar-refractivity contribution is -0.136. The molecule has 1 amide bonds. The maximum absolute atomic E-state index is 12.1. The van der Waals surface area contributed by atoms with Crippen molar-refractivity contribution in [3.63, 3.8) is 0 Å². The molecule has 0 atom stereocenters. The van der Waals surface area contributed by atoms with Crippen LogP contribution in [0.3, 0.4) is 0 Å². The molecule has 116 valence electrons. The van der Waals surface area contributed by atoms with Crippen LogP contribution in [0.15, 0.2) is 35.7 Å². The lowest BCUT2D eigenvalue weighted by atomic mass is 10.2. The summed E-state index contributed by atoms with van der Waals surface area (Å²) in [6.45, 7) is 0. The van der Waals surface area contributed by atoms with E-state index in [4.69, 9.17) is 14.6 Å². The van der Waals surface area contributed by atoms with Gasteiger partial charge < -0.3 is 14.6 Å². The number of aliphatic carboxylic acids is 1. The van der Waals surface area contributed by atoms with E-state index in [1.807, 2.05) is 0 Å². The van der Waals surface area contributed by atoms with Crippen molar-refractivity contribution in [3.05, 3.63) is 40.6 Å². The third kappa shape index (κ3) is 3.37. The van der Waals surface area contributed by atoms with Crippen molar-refractivity contribution in [2.45, 2.75) is 6.42 Å². The van der Waals surface area contributed by atoms with Gasteiger partial charge >= 0.3 is 12.1 Å². The van der Waals surface area contributed by atoms with E-state index < -0.39 is 12.1 Å². The number of hydrogen-bond donors (Lipinski definition) is 1. The molecule has 0 unspecified atom stereocenters. The summed E-state index contributed by atoms with van der Waals surface area (Å²) in [7, 11) is 2.83. The highest BCUT2D eigenvalue weighted by Gasteiger charge is 2.23. The van der Waals surface area contributed by atoms with Crippen LogP contribution in [0.25, 0.3) is 0 Å². The first kappa shape index (κ1) is 15.8. The summed E-state index contributed by atoms with van der Waals surface area (Å²) in [5.74, 6) is -0.298. The number of ether oxygens (including phenoxy) is 2. The van der Waals surface area contributed by atoms with Gasteiger partial charge in [-0.2, -0.15) is 0 Å². The fourth-order valence-electron chi connectivity index (χ4n) is 1.97. The Morgan fingerprint density at radius 1 is 1.18 bits per heavy atom. The molecule has 0 saturated carbocycles.